The number of piperidine rings is 1. The number of pyridine rings is 1. The SMILES string of the molecule is O=C1NC(=O)/C(=C/c2ccnc(N3CCC(CNCc4ccc5cccc(C(F)(F)F)c5n4)CC3)n2)S1. The summed E-state index contributed by atoms with van der Waals surface area (Å²) in [7, 11) is 0. The Kier molecular flexibility index (Phi) is 7.11. The number of imide groups is 1. The van der Waals surface area contributed by atoms with Crippen molar-refractivity contribution in [3.05, 3.63) is 64.5 Å². The predicted octanol–water partition coefficient (Wildman–Crippen LogP) is 4.37. The molecule has 2 fully saturated rings. The Morgan fingerprint density at radius 1 is 1.11 bits per heavy atom. The van der Waals surface area contributed by atoms with Gasteiger partial charge >= 0.3 is 6.18 Å². The second-order valence-corrected chi connectivity index (χ2v) is 9.89. The third-order valence-corrected chi connectivity index (χ3v) is 7.12. The molecule has 2 aliphatic heterocycles. The van der Waals surface area contributed by atoms with Gasteiger partial charge in [0.15, 0.2) is 0 Å². The number of nitrogens with zero attached hydrogens (tertiary/aromatic N) is 4. The zero-order valence-electron chi connectivity index (χ0n) is 19.6. The van der Waals surface area contributed by atoms with E-state index >= 15 is 0 Å². The summed E-state index contributed by atoms with van der Waals surface area (Å²) in [6, 6.07) is 9.19. The van der Waals surface area contributed by atoms with Crippen LogP contribution in [0.3, 0.4) is 0 Å². The molecule has 8 nitrogen and oxygen atoms in total. The van der Waals surface area contributed by atoms with Crippen molar-refractivity contribution in [3.63, 3.8) is 0 Å². The van der Waals surface area contributed by atoms with Gasteiger partial charge in [-0.1, -0.05) is 18.2 Å². The zero-order chi connectivity index (χ0) is 26.0. The van der Waals surface area contributed by atoms with E-state index in [-0.39, 0.29) is 5.52 Å². The molecule has 2 N–H and O–H groups in total. The van der Waals surface area contributed by atoms with Crippen LogP contribution < -0.4 is 15.5 Å². The van der Waals surface area contributed by atoms with Crippen LogP contribution in [0.5, 0.6) is 0 Å². The van der Waals surface area contributed by atoms with Crippen molar-refractivity contribution in [2.75, 3.05) is 24.5 Å². The Bertz CT molecular complexity index is 1370. The Morgan fingerprint density at radius 3 is 2.65 bits per heavy atom. The van der Waals surface area contributed by atoms with Gasteiger partial charge in [-0.05, 0) is 61.3 Å². The van der Waals surface area contributed by atoms with Crippen molar-refractivity contribution in [3.8, 4) is 0 Å². The van der Waals surface area contributed by atoms with Gasteiger partial charge in [0.2, 0.25) is 5.95 Å². The standard InChI is InChI=1S/C25H23F3N6O2S/c26-25(27,28)19-3-1-2-16-4-5-18(31-21(16)19)14-29-13-15-7-10-34(11-8-15)23-30-9-6-17(32-23)12-20-22(35)33-24(36)37-20/h1-6,9,12,15,29H,7-8,10-11,13-14H2,(H,33,35,36)/b20-12-. The van der Waals surface area contributed by atoms with Gasteiger partial charge in [0.25, 0.3) is 11.1 Å². The fraction of sp³-hybridized carbons (Fsp3) is 0.320. The minimum atomic E-state index is -4.45. The summed E-state index contributed by atoms with van der Waals surface area (Å²) in [5.41, 5.74) is 0.370. The zero-order valence-corrected chi connectivity index (χ0v) is 20.4. The lowest BCUT2D eigenvalue weighted by Gasteiger charge is -2.32. The van der Waals surface area contributed by atoms with Crippen LogP contribution >= 0.6 is 11.8 Å². The number of hydrogen-bond donors (Lipinski definition) is 2. The number of hydrogen-bond acceptors (Lipinski definition) is 8. The van der Waals surface area contributed by atoms with Crippen LogP contribution in [0.15, 0.2) is 47.5 Å². The highest BCUT2D eigenvalue weighted by Gasteiger charge is 2.33. The van der Waals surface area contributed by atoms with E-state index in [0.717, 1.165) is 50.3 Å². The first kappa shape index (κ1) is 25.2. The van der Waals surface area contributed by atoms with E-state index in [4.69, 9.17) is 0 Å². The highest BCUT2D eigenvalue weighted by molar-refractivity contribution is 8.18. The molecule has 0 radical (unpaired) electrons. The summed E-state index contributed by atoms with van der Waals surface area (Å²) in [4.78, 5) is 38.7. The first-order valence-corrected chi connectivity index (χ1v) is 12.6. The third kappa shape index (κ3) is 5.91. The second-order valence-electron chi connectivity index (χ2n) is 8.87. The topological polar surface area (TPSA) is 100 Å². The normalized spacial score (nSPS) is 18.1. The summed E-state index contributed by atoms with van der Waals surface area (Å²) in [5, 5.41) is 5.62. The van der Waals surface area contributed by atoms with Crippen molar-refractivity contribution >= 4 is 45.8 Å². The van der Waals surface area contributed by atoms with Gasteiger partial charge in [-0.2, -0.15) is 13.2 Å². The molecule has 2 aromatic heterocycles. The molecule has 0 aliphatic carbocycles. The van der Waals surface area contributed by atoms with Gasteiger partial charge in [-0.25, -0.2) is 9.97 Å². The van der Waals surface area contributed by atoms with Crippen LogP contribution in [0.1, 0.15) is 29.8 Å². The van der Waals surface area contributed by atoms with Gasteiger partial charge in [-0.3, -0.25) is 19.9 Å². The fourth-order valence-electron chi connectivity index (χ4n) is 4.41. The quantitative estimate of drug-likeness (QED) is 0.455. The van der Waals surface area contributed by atoms with Crippen LogP contribution in [-0.4, -0.2) is 45.7 Å². The lowest BCUT2D eigenvalue weighted by Crippen LogP contribution is -2.38. The molecule has 3 aromatic rings. The van der Waals surface area contributed by atoms with Crippen LogP contribution in [-0.2, 0) is 17.5 Å². The van der Waals surface area contributed by atoms with E-state index in [1.807, 2.05) is 0 Å². The second kappa shape index (κ2) is 10.5. The van der Waals surface area contributed by atoms with Gasteiger partial charge in [0.1, 0.15) is 0 Å². The number of alkyl halides is 3. The van der Waals surface area contributed by atoms with Gasteiger partial charge in [0, 0.05) is 31.2 Å². The first-order chi connectivity index (χ1) is 17.8. The van der Waals surface area contributed by atoms with Crippen molar-refractivity contribution < 1.29 is 22.8 Å². The maximum absolute atomic E-state index is 13.3. The fourth-order valence-corrected chi connectivity index (χ4v) is 5.07. The molecule has 192 valence electrons. The molecule has 4 heterocycles. The van der Waals surface area contributed by atoms with Gasteiger partial charge < -0.3 is 10.2 Å². The minimum absolute atomic E-state index is 0.0285. The molecule has 0 atom stereocenters. The molecule has 12 heteroatoms. The molecule has 2 aliphatic rings. The smallest absolute Gasteiger partial charge is 0.341 e. The van der Waals surface area contributed by atoms with Crippen LogP contribution in [0, 0.1) is 5.92 Å². The van der Waals surface area contributed by atoms with Crippen molar-refractivity contribution in [1.29, 1.82) is 0 Å². The average Bonchev–Trinajstić information content (AvgIpc) is 3.19. The molecule has 37 heavy (non-hydrogen) atoms. The first-order valence-electron chi connectivity index (χ1n) is 11.8. The number of anilines is 1. The maximum atomic E-state index is 13.3. The Hall–Kier alpha value is -3.51. The number of nitrogens with one attached hydrogen (secondary N) is 2. The molecular formula is C25H23F3N6O2S. The third-order valence-electron chi connectivity index (χ3n) is 6.31. The average molecular weight is 529 g/mol. The van der Waals surface area contributed by atoms with Crippen LogP contribution in [0.2, 0.25) is 0 Å². The van der Waals surface area contributed by atoms with Crippen molar-refractivity contribution in [1.82, 2.24) is 25.6 Å². The number of rotatable bonds is 6. The number of carbonyl (C=O) groups excluding carboxylic acids is 2. The number of aromatic nitrogens is 3. The molecule has 0 spiro atoms. The van der Waals surface area contributed by atoms with Crippen molar-refractivity contribution in [2.24, 2.45) is 5.92 Å². The minimum Gasteiger partial charge on any atom is -0.341 e. The number of para-hydroxylation sites is 1. The molecular weight excluding hydrogens is 505 g/mol. The number of carbonyl (C=O) groups is 2. The van der Waals surface area contributed by atoms with E-state index in [1.165, 1.54) is 6.07 Å². The summed E-state index contributed by atoms with van der Waals surface area (Å²) in [5.74, 6) is 0.539. The molecule has 0 unspecified atom stereocenters. The summed E-state index contributed by atoms with van der Waals surface area (Å²) in [6.07, 6.45) is 0.555. The number of fused-ring (bicyclic) bond motifs is 1. The Balaban J connectivity index is 1.14. The number of amides is 2. The van der Waals surface area contributed by atoms with E-state index in [1.54, 1.807) is 36.5 Å². The monoisotopic (exact) mass is 528 g/mol. The molecule has 5 rings (SSSR count). The largest absolute Gasteiger partial charge is 0.418 e. The number of halogens is 3. The molecule has 0 bridgehead atoms. The van der Waals surface area contributed by atoms with Crippen LogP contribution in [0.4, 0.5) is 23.9 Å². The number of benzene rings is 1. The molecule has 2 amide bonds. The van der Waals surface area contributed by atoms with Gasteiger partial charge in [-0.15, -0.1) is 0 Å². The highest BCUT2D eigenvalue weighted by Crippen LogP contribution is 2.34. The summed E-state index contributed by atoms with van der Waals surface area (Å²) in [6.45, 7) is 2.62. The van der Waals surface area contributed by atoms with Crippen LogP contribution in [0.25, 0.3) is 17.0 Å². The van der Waals surface area contributed by atoms with E-state index in [9.17, 15) is 22.8 Å². The Morgan fingerprint density at radius 2 is 1.92 bits per heavy atom. The lowest BCUT2D eigenvalue weighted by atomic mass is 9.97. The lowest BCUT2D eigenvalue weighted by molar-refractivity contribution is -0.136. The Labute approximate surface area is 214 Å². The molecule has 2 saturated heterocycles. The van der Waals surface area contributed by atoms with E-state index in [2.05, 4.69) is 30.5 Å². The highest BCUT2D eigenvalue weighted by atomic mass is 32.2. The molecule has 1 aromatic carbocycles. The van der Waals surface area contributed by atoms with E-state index in [0.29, 0.717) is 40.1 Å². The summed E-state index contributed by atoms with van der Waals surface area (Å²) >= 11 is 0.844. The maximum Gasteiger partial charge on any atom is 0.418 e. The van der Waals surface area contributed by atoms with E-state index < -0.39 is 22.9 Å². The molecule has 0 saturated carbocycles. The van der Waals surface area contributed by atoms with Gasteiger partial charge in [0.05, 0.1) is 27.4 Å². The van der Waals surface area contributed by atoms with Crippen molar-refractivity contribution in [2.45, 2.75) is 25.6 Å². The number of thioether (sulfide) groups is 1. The summed E-state index contributed by atoms with van der Waals surface area (Å²) < 4.78 is 40.0. The predicted molar refractivity (Wildman–Crippen MR) is 135 cm³/mol.